The smallest absolute Gasteiger partial charge is 0.252 e. The van der Waals surface area contributed by atoms with E-state index in [4.69, 9.17) is 9.47 Å². The van der Waals surface area contributed by atoms with Crippen molar-refractivity contribution in [1.82, 2.24) is 19.5 Å². The minimum absolute atomic E-state index is 0.315. The van der Waals surface area contributed by atoms with E-state index in [0.717, 1.165) is 17.9 Å². The second kappa shape index (κ2) is 8.19. The summed E-state index contributed by atoms with van der Waals surface area (Å²) in [6.45, 7) is 2.30. The average molecular weight is 418 g/mol. The van der Waals surface area contributed by atoms with Crippen LogP contribution in [-0.2, 0) is 5.52 Å². The molecule has 10 heteroatoms. The van der Waals surface area contributed by atoms with Gasteiger partial charge in [0.25, 0.3) is 5.56 Å². The molecule has 2 atom stereocenters. The van der Waals surface area contributed by atoms with Crippen LogP contribution in [0.3, 0.4) is 0 Å². The number of hydrogen-bond acceptors (Lipinski definition) is 7. The third-order valence-electron chi connectivity index (χ3n) is 5.43. The summed E-state index contributed by atoms with van der Waals surface area (Å²) in [4.78, 5) is 25.6. The van der Waals surface area contributed by atoms with E-state index in [9.17, 15) is 9.90 Å². The molecule has 1 aliphatic carbocycles. The van der Waals surface area contributed by atoms with Crippen molar-refractivity contribution in [1.29, 1.82) is 0 Å². The predicted octanol–water partition coefficient (Wildman–Crippen LogP) is 0.0261. The minimum Gasteiger partial charge on any atom is -0.495 e. The monoisotopic (exact) mass is 418 g/mol. The van der Waals surface area contributed by atoms with Gasteiger partial charge in [0.05, 0.1) is 31.0 Å². The van der Waals surface area contributed by atoms with Crippen LogP contribution in [0.1, 0.15) is 23.9 Å². The van der Waals surface area contributed by atoms with Gasteiger partial charge >= 0.3 is 0 Å². The molecule has 4 rings (SSSR count). The molecule has 31 heavy (non-hydrogen) atoms. The van der Waals surface area contributed by atoms with Crippen molar-refractivity contribution in [2.24, 2.45) is 5.92 Å². The van der Waals surface area contributed by atoms with Crippen molar-refractivity contribution in [3.8, 4) is 22.8 Å². The Bertz CT molecular complexity index is 1150. The lowest BCUT2D eigenvalue weighted by molar-refractivity contribution is 0.137. The van der Waals surface area contributed by atoms with Gasteiger partial charge in [-0.15, -0.1) is 0 Å². The molecule has 0 saturated heterocycles. The quantitative estimate of drug-likeness (QED) is 0.541. The van der Waals surface area contributed by atoms with E-state index < -0.39 is 5.52 Å². The van der Waals surface area contributed by atoms with Crippen molar-refractivity contribution in [2.45, 2.75) is 24.8 Å². The van der Waals surface area contributed by atoms with Crippen molar-refractivity contribution in [3.05, 3.63) is 64.7 Å². The molecule has 3 heterocycles. The number of ether oxygens (including phenoxy) is 2. The standard InChI is InChI=1S/C21H24B2N4O4/c1-12-24-10-17(13-5-6-27(19(28)8-13)21(22,23)29)20(26-12)31-11-14-7-16(14)18-4-3-15(30-2)9-25-18/h3-6,8-10,14,16,29H,7,11,22-23H2,1-2H3. The van der Waals surface area contributed by atoms with Gasteiger partial charge in [0, 0.05) is 36.0 Å². The molecular formula is C21H24B2N4O4. The molecule has 1 saturated carbocycles. The van der Waals surface area contributed by atoms with Crippen molar-refractivity contribution in [2.75, 3.05) is 13.7 Å². The molecule has 0 amide bonds. The highest BCUT2D eigenvalue weighted by atomic mass is 16.5. The summed E-state index contributed by atoms with van der Waals surface area (Å²) in [5, 5.41) is 10.1. The van der Waals surface area contributed by atoms with Gasteiger partial charge in [-0.05, 0) is 37.1 Å². The number of methoxy groups -OCH3 is 1. The van der Waals surface area contributed by atoms with Gasteiger partial charge in [0.15, 0.2) is 15.7 Å². The van der Waals surface area contributed by atoms with Gasteiger partial charge in [0.1, 0.15) is 11.6 Å². The molecule has 0 bridgehead atoms. The molecular weight excluding hydrogens is 394 g/mol. The molecule has 0 radical (unpaired) electrons. The first-order valence-electron chi connectivity index (χ1n) is 10.2. The van der Waals surface area contributed by atoms with E-state index in [1.165, 1.54) is 10.6 Å². The zero-order chi connectivity index (χ0) is 22.2. The predicted molar refractivity (Wildman–Crippen MR) is 121 cm³/mol. The van der Waals surface area contributed by atoms with E-state index in [2.05, 4.69) is 15.0 Å². The maximum Gasteiger partial charge on any atom is 0.252 e. The fourth-order valence-corrected chi connectivity index (χ4v) is 3.57. The highest BCUT2D eigenvalue weighted by molar-refractivity contribution is 6.36. The van der Waals surface area contributed by atoms with E-state index in [-0.39, 0.29) is 5.56 Å². The van der Waals surface area contributed by atoms with Crippen LogP contribution >= 0.6 is 0 Å². The summed E-state index contributed by atoms with van der Waals surface area (Å²) in [5.74, 6) is 2.49. The van der Waals surface area contributed by atoms with Crippen LogP contribution in [0.2, 0.25) is 0 Å². The Labute approximate surface area is 182 Å². The Morgan fingerprint density at radius 2 is 2.06 bits per heavy atom. The summed E-state index contributed by atoms with van der Waals surface area (Å²) in [7, 11) is 4.74. The Hall–Kier alpha value is -3.13. The molecule has 1 aliphatic rings. The van der Waals surface area contributed by atoms with Crippen LogP contribution in [0.5, 0.6) is 11.6 Å². The van der Waals surface area contributed by atoms with Crippen LogP contribution in [-0.4, -0.2) is 54.0 Å². The maximum absolute atomic E-state index is 12.5. The summed E-state index contributed by atoms with van der Waals surface area (Å²) in [6.07, 6.45) is 5.96. The second-order valence-corrected chi connectivity index (χ2v) is 8.29. The van der Waals surface area contributed by atoms with Crippen LogP contribution in [0, 0.1) is 12.8 Å². The number of aliphatic hydroxyl groups is 1. The largest absolute Gasteiger partial charge is 0.495 e. The normalized spacial score (nSPS) is 17.9. The molecule has 3 aromatic rings. The molecule has 0 spiro atoms. The third-order valence-corrected chi connectivity index (χ3v) is 5.43. The summed E-state index contributed by atoms with van der Waals surface area (Å²) < 4.78 is 12.5. The molecule has 1 N–H and O–H groups in total. The molecule has 158 valence electrons. The number of rotatable bonds is 7. The van der Waals surface area contributed by atoms with Crippen molar-refractivity contribution < 1.29 is 14.6 Å². The first kappa shape index (κ1) is 21.1. The van der Waals surface area contributed by atoms with Crippen LogP contribution in [0.25, 0.3) is 11.1 Å². The first-order chi connectivity index (χ1) is 14.8. The Morgan fingerprint density at radius 1 is 1.26 bits per heavy atom. The van der Waals surface area contributed by atoms with Gasteiger partial charge in [-0.3, -0.25) is 9.78 Å². The van der Waals surface area contributed by atoms with Crippen LogP contribution in [0.15, 0.2) is 47.7 Å². The maximum atomic E-state index is 12.5. The lowest BCUT2D eigenvalue weighted by Crippen LogP contribution is -2.41. The zero-order valence-corrected chi connectivity index (χ0v) is 18.1. The third kappa shape index (κ3) is 4.64. The topological polar surface area (TPSA) is 99.4 Å². The Balaban J connectivity index is 1.50. The van der Waals surface area contributed by atoms with Gasteiger partial charge in [-0.25, -0.2) is 4.98 Å². The number of nitrogens with zero attached hydrogens (tertiary/aromatic N) is 4. The SMILES string of the molecule is BC(B)(O)n1ccc(-c2cnc(C)nc2OCC2CC2c2ccc(OC)cn2)cc1=O. The van der Waals surface area contributed by atoms with Gasteiger partial charge in [0.2, 0.25) is 5.88 Å². The van der Waals surface area contributed by atoms with E-state index in [1.807, 2.05) is 12.1 Å². The Kier molecular flexibility index (Phi) is 5.58. The van der Waals surface area contributed by atoms with Gasteiger partial charge in [-0.1, -0.05) is 0 Å². The fraction of sp³-hybridized carbons (Fsp3) is 0.333. The van der Waals surface area contributed by atoms with E-state index >= 15 is 0 Å². The Morgan fingerprint density at radius 3 is 2.71 bits per heavy atom. The van der Waals surface area contributed by atoms with E-state index in [0.29, 0.717) is 41.3 Å². The fourth-order valence-electron chi connectivity index (χ4n) is 3.57. The molecule has 2 unspecified atom stereocenters. The number of aryl methyl sites for hydroxylation is 1. The summed E-state index contributed by atoms with van der Waals surface area (Å²) >= 11 is 0. The highest BCUT2D eigenvalue weighted by Crippen LogP contribution is 2.47. The molecule has 3 aromatic heterocycles. The van der Waals surface area contributed by atoms with Crippen molar-refractivity contribution >= 4 is 15.7 Å². The highest BCUT2D eigenvalue weighted by Gasteiger charge is 2.40. The lowest BCUT2D eigenvalue weighted by Gasteiger charge is -2.21. The number of hydrogen-bond donors (Lipinski definition) is 1. The zero-order valence-electron chi connectivity index (χ0n) is 18.1. The molecule has 8 nitrogen and oxygen atoms in total. The summed E-state index contributed by atoms with van der Waals surface area (Å²) in [5.41, 5.74) is 0.720. The lowest BCUT2D eigenvalue weighted by atomic mass is 9.73. The number of aromatic nitrogens is 4. The molecule has 1 fully saturated rings. The van der Waals surface area contributed by atoms with Gasteiger partial charge < -0.3 is 19.1 Å². The molecule has 0 aromatic carbocycles. The second-order valence-electron chi connectivity index (χ2n) is 8.29. The van der Waals surface area contributed by atoms with Crippen LogP contribution < -0.4 is 15.0 Å². The molecule has 0 aliphatic heterocycles. The minimum atomic E-state index is -1.28. The first-order valence-corrected chi connectivity index (χ1v) is 10.2. The van der Waals surface area contributed by atoms with E-state index in [1.54, 1.807) is 54.4 Å². The average Bonchev–Trinajstić information content (AvgIpc) is 3.51. The van der Waals surface area contributed by atoms with Crippen LogP contribution in [0.4, 0.5) is 0 Å². The number of pyridine rings is 2. The summed E-state index contributed by atoms with van der Waals surface area (Å²) in [6, 6.07) is 7.11. The van der Waals surface area contributed by atoms with Crippen molar-refractivity contribution in [3.63, 3.8) is 0 Å². The van der Waals surface area contributed by atoms with Gasteiger partial charge in [-0.2, -0.15) is 4.98 Å².